The molecule has 0 saturated carbocycles. The molecule has 0 bridgehead atoms. The van der Waals surface area contributed by atoms with Crippen molar-refractivity contribution in [1.29, 1.82) is 0 Å². The van der Waals surface area contributed by atoms with E-state index >= 15 is 0 Å². The van der Waals surface area contributed by atoms with Gasteiger partial charge in [0.25, 0.3) is 25.8 Å². The van der Waals surface area contributed by atoms with Gasteiger partial charge in [-0.05, 0) is 73.4 Å². The Morgan fingerprint density at radius 1 is 1.00 bits per heavy atom. The molecule has 8 nitrogen and oxygen atoms in total. The largest absolute Gasteiger partial charge is 0.501 e. The number of benzene rings is 2. The van der Waals surface area contributed by atoms with Gasteiger partial charge < -0.3 is 11.1 Å². The molecular weight excluding hydrogens is 611 g/mol. The van der Waals surface area contributed by atoms with Gasteiger partial charge in [0.05, 0.1) is 17.1 Å². The van der Waals surface area contributed by atoms with Crippen molar-refractivity contribution in [2.75, 3.05) is 6.54 Å². The van der Waals surface area contributed by atoms with E-state index in [1.54, 1.807) is 30.3 Å². The Balaban J connectivity index is 1.50. The van der Waals surface area contributed by atoms with Crippen LogP contribution >= 0.6 is 22.9 Å². The number of hydrogen-bond donors (Lipinski definition) is 2. The van der Waals surface area contributed by atoms with Crippen molar-refractivity contribution in [2.45, 2.75) is 52.5 Å². The van der Waals surface area contributed by atoms with Crippen LogP contribution in [0.5, 0.6) is 0 Å². The molecule has 4 rings (SSSR count). The van der Waals surface area contributed by atoms with Crippen LogP contribution in [-0.4, -0.2) is 44.8 Å². The number of halogens is 4. The fourth-order valence-corrected chi connectivity index (χ4v) is 8.45. The molecule has 0 radical (unpaired) electrons. The summed E-state index contributed by atoms with van der Waals surface area (Å²) < 4.78 is 90.5. The molecule has 1 fully saturated rings. The lowest BCUT2D eigenvalue weighted by atomic mass is 9.92. The Hall–Kier alpha value is -2.49. The maximum Gasteiger partial charge on any atom is 0.501 e. The van der Waals surface area contributed by atoms with E-state index in [0.717, 1.165) is 23.5 Å². The highest BCUT2D eigenvalue weighted by molar-refractivity contribution is 7.92. The number of carbonyl (C=O) groups excluding carboxylic acids is 1. The first-order valence-corrected chi connectivity index (χ1v) is 16.1. The molecule has 216 valence electrons. The summed E-state index contributed by atoms with van der Waals surface area (Å²) in [5.74, 6) is -0.347. The Labute approximate surface area is 238 Å². The van der Waals surface area contributed by atoms with E-state index in [2.05, 4.69) is 5.32 Å². The molecule has 3 N–H and O–H groups in total. The standard InChI is InChI=1S/C25H25ClF3N3O5S3/c26-19-7-5-18(6-8-19)23(33)31-16-20-9-12-22(38-20)40(36,37)32-14-2-1-13-24(32,30)15-17-3-10-21(11-4-17)39(34,35)25(27,28)29/h3-12H,1-2,13-16,30H2,(H,31,33). The molecule has 0 aliphatic carbocycles. The number of alkyl halides is 3. The van der Waals surface area contributed by atoms with Crippen molar-refractivity contribution in [2.24, 2.45) is 5.73 Å². The average Bonchev–Trinajstić information content (AvgIpc) is 3.37. The molecule has 1 aliphatic heterocycles. The van der Waals surface area contributed by atoms with Crippen molar-refractivity contribution in [3.63, 3.8) is 0 Å². The summed E-state index contributed by atoms with van der Waals surface area (Å²) in [4.78, 5) is 12.1. The van der Waals surface area contributed by atoms with Crippen LogP contribution in [0, 0.1) is 0 Å². The van der Waals surface area contributed by atoms with Crippen LogP contribution in [-0.2, 0) is 32.8 Å². The number of rotatable bonds is 8. The third kappa shape index (κ3) is 6.37. The molecule has 1 unspecified atom stereocenters. The molecule has 1 atom stereocenters. The second-order valence-electron chi connectivity index (χ2n) is 9.32. The highest BCUT2D eigenvalue weighted by Gasteiger charge is 2.47. The van der Waals surface area contributed by atoms with Gasteiger partial charge in [-0.25, -0.2) is 16.8 Å². The predicted molar refractivity (Wildman–Crippen MR) is 145 cm³/mol. The number of nitrogens with one attached hydrogen (secondary N) is 1. The average molecular weight is 636 g/mol. The Bertz CT molecular complexity index is 1590. The van der Waals surface area contributed by atoms with Gasteiger partial charge in [-0.3, -0.25) is 4.79 Å². The Morgan fingerprint density at radius 2 is 1.65 bits per heavy atom. The fourth-order valence-electron chi connectivity index (χ4n) is 4.41. The molecule has 0 spiro atoms. The number of sulfonamides is 1. The van der Waals surface area contributed by atoms with Crippen LogP contribution < -0.4 is 11.1 Å². The summed E-state index contributed by atoms with van der Waals surface area (Å²) in [6, 6.07) is 13.4. The van der Waals surface area contributed by atoms with Gasteiger partial charge in [0.2, 0.25) is 0 Å². The molecule has 1 aliphatic rings. The van der Waals surface area contributed by atoms with Crippen molar-refractivity contribution < 1.29 is 34.8 Å². The topological polar surface area (TPSA) is 127 Å². The van der Waals surface area contributed by atoms with Crippen molar-refractivity contribution in [1.82, 2.24) is 9.62 Å². The molecule has 2 heterocycles. The first-order valence-electron chi connectivity index (χ1n) is 12.0. The summed E-state index contributed by atoms with van der Waals surface area (Å²) in [6.45, 7) is 0.239. The van der Waals surface area contributed by atoms with Crippen molar-refractivity contribution in [3.8, 4) is 0 Å². The number of sulfone groups is 1. The van der Waals surface area contributed by atoms with Crippen LogP contribution in [0.25, 0.3) is 0 Å². The molecular formula is C25H25ClF3N3O5S3. The van der Waals surface area contributed by atoms with Crippen LogP contribution in [0.4, 0.5) is 13.2 Å². The lowest BCUT2D eigenvalue weighted by Crippen LogP contribution is -2.61. The first kappa shape index (κ1) is 30.5. The lowest BCUT2D eigenvalue weighted by molar-refractivity contribution is -0.0436. The molecule has 1 aromatic heterocycles. The smallest absolute Gasteiger partial charge is 0.347 e. The van der Waals surface area contributed by atoms with Crippen molar-refractivity contribution >= 4 is 48.7 Å². The zero-order valence-corrected chi connectivity index (χ0v) is 24.0. The van der Waals surface area contributed by atoms with Gasteiger partial charge in [-0.2, -0.15) is 17.5 Å². The second-order valence-corrected chi connectivity index (χ2v) is 15.0. The molecule has 15 heteroatoms. The van der Waals surface area contributed by atoms with E-state index in [9.17, 15) is 34.8 Å². The summed E-state index contributed by atoms with van der Waals surface area (Å²) in [5.41, 5.74) is 0.597. The van der Waals surface area contributed by atoms with Gasteiger partial charge >= 0.3 is 5.51 Å². The number of carbonyl (C=O) groups is 1. The van der Waals surface area contributed by atoms with E-state index in [0.29, 0.717) is 40.3 Å². The SMILES string of the molecule is NC1(Cc2ccc(S(=O)(=O)C(F)(F)F)cc2)CCCCN1S(=O)(=O)c1ccc(CNC(=O)c2ccc(Cl)cc2)s1. The minimum Gasteiger partial charge on any atom is -0.347 e. The quantitative estimate of drug-likeness (QED) is 0.370. The summed E-state index contributed by atoms with van der Waals surface area (Å²) >= 11 is 6.84. The van der Waals surface area contributed by atoms with E-state index in [4.69, 9.17) is 17.3 Å². The minimum atomic E-state index is -5.50. The second kappa shape index (κ2) is 11.4. The van der Waals surface area contributed by atoms with E-state index in [1.165, 1.54) is 22.5 Å². The summed E-state index contributed by atoms with van der Waals surface area (Å²) in [6.07, 6.45) is 1.46. The molecule has 1 amide bonds. The number of hydrogen-bond acceptors (Lipinski definition) is 7. The maximum atomic E-state index is 13.6. The zero-order valence-electron chi connectivity index (χ0n) is 20.8. The molecule has 1 saturated heterocycles. The van der Waals surface area contributed by atoms with Gasteiger partial charge in [-0.15, -0.1) is 11.3 Å². The number of piperidine rings is 1. The Kier molecular flexibility index (Phi) is 8.69. The van der Waals surface area contributed by atoms with Gasteiger partial charge in [0.1, 0.15) is 4.21 Å². The monoisotopic (exact) mass is 635 g/mol. The third-order valence-corrected chi connectivity index (χ3v) is 11.8. The number of amides is 1. The van der Waals surface area contributed by atoms with Crippen LogP contribution in [0.1, 0.15) is 40.1 Å². The number of nitrogens with zero attached hydrogens (tertiary/aromatic N) is 1. The molecule has 3 aromatic rings. The highest BCUT2D eigenvalue weighted by atomic mass is 35.5. The van der Waals surface area contributed by atoms with Crippen LogP contribution in [0.2, 0.25) is 5.02 Å². The summed E-state index contributed by atoms with van der Waals surface area (Å²) in [5, 5.41) is 3.22. The minimum absolute atomic E-state index is 0.0338. The Morgan fingerprint density at radius 3 is 2.27 bits per heavy atom. The van der Waals surface area contributed by atoms with Gasteiger partial charge in [-0.1, -0.05) is 23.7 Å². The molecule has 2 aromatic carbocycles. The molecule has 40 heavy (non-hydrogen) atoms. The van der Waals surface area contributed by atoms with Gasteiger partial charge in [0.15, 0.2) is 0 Å². The van der Waals surface area contributed by atoms with Gasteiger partial charge in [0, 0.05) is 28.4 Å². The normalized spacial score (nSPS) is 18.9. The number of thiophene rings is 1. The van der Waals surface area contributed by atoms with E-state index in [-0.39, 0.29) is 29.6 Å². The number of nitrogens with two attached hydrogens (primary N) is 1. The predicted octanol–water partition coefficient (Wildman–Crippen LogP) is 4.70. The summed E-state index contributed by atoms with van der Waals surface area (Å²) in [7, 11) is -9.57. The zero-order chi connectivity index (χ0) is 29.3. The van der Waals surface area contributed by atoms with Crippen LogP contribution in [0.3, 0.4) is 0 Å². The first-order chi connectivity index (χ1) is 18.6. The van der Waals surface area contributed by atoms with Crippen molar-refractivity contribution in [3.05, 3.63) is 81.7 Å². The lowest BCUT2D eigenvalue weighted by Gasteiger charge is -2.43. The van der Waals surface area contributed by atoms with E-state index < -0.39 is 35.9 Å². The maximum absolute atomic E-state index is 13.6. The highest BCUT2D eigenvalue weighted by Crippen LogP contribution is 2.36. The van der Waals surface area contributed by atoms with E-state index in [1.807, 2.05) is 0 Å². The van der Waals surface area contributed by atoms with Crippen LogP contribution in [0.15, 0.2) is 69.8 Å². The fraction of sp³-hybridized carbons (Fsp3) is 0.320. The third-order valence-electron chi connectivity index (χ3n) is 6.48.